The van der Waals surface area contributed by atoms with Gasteiger partial charge in [-0.05, 0) is 74.8 Å². The molecule has 0 spiro atoms. The van der Waals surface area contributed by atoms with Crippen molar-refractivity contribution < 1.29 is 9.53 Å². The molecule has 0 aliphatic rings. The van der Waals surface area contributed by atoms with Gasteiger partial charge < -0.3 is 10.1 Å². The van der Waals surface area contributed by atoms with Crippen LogP contribution in [0.5, 0.6) is 5.75 Å². The summed E-state index contributed by atoms with van der Waals surface area (Å²) in [5.74, 6) is 0.530. The van der Waals surface area contributed by atoms with Crippen LogP contribution in [0.1, 0.15) is 29.2 Å². The van der Waals surface area contributed by atoms with E-state index in [2.05, 4.69) is 29.7 Å². The Balaban J connectivity index is 1.94. The summed E-state index contributed by atoms with van der Waals surface area (Å²) in [7, 11) is 0. The van der Waals surface area contributed by atoms with Gasteiger partial charge in [0.15, 0.2) is 5.11 Å². The van der Waals surface area contributed by atoms with Gasteiger partial charge in [-0.2, -0.15) is 0 Å². The van der Waals surface area contributed by atoms with Gasteiger partial charge in [0.05, 0.1) is 6.61 Å². The molecule has 136 valence electrons. The molecule has 5 heteroatoms. The van der Waals surface area contributed by atoms with Gasteiger partial charge in [-0.15, -0.1) is 0 Å². The standard InChI is InChI=1S/C21H24N2O2S/c1-5-25-18-9-6-17(7-10-18)8-11-19(24)22-21(26)23-20-15(3)12-14(2)13-16(20)4/h6-13H,5H2,1-4H3,(H2,22,23,24,26)/b11-8+. The second-order valence-corrected chi connectivity index (χ2v) is 6.46. The Labute approximate surface area is 160 Å². The van der Waals surface area contributed by atoms with E-state index in [4.69, 9.17) is 17.0 Å². The first-order chi connectivity index (χ1) is 12.4. The fourth-order valence-electron chi connectivity index (χ4n) is 2.69. The minimum atomic E-state index is -0.279. The maximum atomic E-state index is 12.1. The van der Waals surface area contributed by atoms with Crippen LogP contribution < -0.4 is 15.4 Å². The topological polar surface area (TPSA) is 50.4 Å². The third-order valence-corrected chi connectivity index (χ3v) is 3.97. The van der Waals surface area contributed by atoms with Crippen molar-refractivity contribution in [1.29, 1.82) is 0 Å². The molecule has 2 aromatic carbocycles. The predicted molar refractivity (Wildman–Crippen MR) is 112 cm³/mol. The van der Waals surface area contributed by atoms with Gasteiger partial charge in [-0.3, -0.25) is 10.1 Å². The lowest BCUT2D eigenvalue weighted by Gasteiger charge is -2.14. The number of amides is 1. The van der Waals surface area contributed by atoms with E-state index in [0.717, 1.165) is 28.1 Å². The summed E-state index contributed by atoms with van der Waals surface area (Å²) in [4.78, 5) is 12.1. The number of thiocarbonyl (C=S) groups is 1. The van der Waals surface area contributed by atoms with E-state index in [-0.39, 0.29) is 11.0 Å². The van der Waals surface area contributed by atoms with Crippen LogP contribution >= 0.6 is 12.2 Å². The molecule has 0 aliphatic heterocycles. The number of hydrogen-bond acceptors (Lipinski definition) is 3. The number of aryl methyl sites for hydroxylation is 3. The molecule has 0 aliphatic carbocycles. The average Bonchev–Trinajstić information content (AvgIpc) is 2.58. The maximum absolute atomic E-state index is 12.1. The van der Waals surface area contributed by atoms with Crippen LogP contribution in [0.15, 0.2) is 42.5 Å². The highest BCUT2D eigenvalue weighted by Gasteiger charge is 2.07. The molecular weight excluding hydrogens is 344 g/mol. The Morgan fingerprint density at radius 3 is 2.31 bits per heavy atom. The third-order valence-electron chi connectivity index (χ3n) is 3.77. The van der Waals surface area contributed by atoms with E-state index in [0.29, 0.717) is 6.61 Å². The Hall–Kier alpha value is -2.66. The summed E-state index contributed by atoms with van der Waals surface area (Å²) in [6.07, 6.45) is 3.19. The third kappa shape index (κ3) is 5.70. The molecule has 0 radical (unpaired) electrons. The van der Waals surface area contributed by atoms with Crippen molar-refractivity contribution in [2.45, 2.75) is 27.7 Å². The van der Waals surface area contributed by atoms with Crippen molar-refractivity contribution in [1.82, 2.24) is 5.32 Å². The van der Waals surface area contributed by atoms with E-state index >= 15 is 0 Å². The molecule has 0 saturated heterocycles. The average molecular weight is 369 g/mol. The summed E-state index contributed by atoms with van der Waals surface area (Å²) in [5.41, 5.74) is 5.20. The van der Waals surface area contributed by atoms with Gasteiger partial charge in [0, 0.05) is 11.8 Å². The summed E-state index contributed by atoms with van der Waals surface area (Å²) < 4.78 is 5.39. The number of ether oxygens (including phenoxy) is 1. The van der Waals surface area contributed by atoms with Crippen LogP contribution in [0.25, 0.3) is 6.08 Å². The highest BCUT2D eigenvalue weighted by molar-refractivity contribution is 7.80. The SMILES string of the molecule is CCOc1ccc(/C=C/C(=O)NC(=S)Nc2c(C)cc(C)cc2C)cc1. The summed E-state index contributed by atoms with van der Waals surface area (Å²) in [6.45, 7) is 8.64. The highest BCUT2D eigenvalue weighted by Crippen LogP contribution is 2.21. The Bertz CT molecular complexity index is 803. The van der Waals surface area contributed by atoms with Gasteiger partial charge in [-0.1, -0.05) is 29.8 Å². The number of rotatable bonds is 5. The molecule has 1 amide bonds. The Morgan fingerprint density at radius 1 is 1.12 bits per heavy atom. The number of benzene rings is 2. The second kappa shape index (κ2) is 9.15. The number of hydrogen-bond donors (Lipinski definition) is 2. The minimum Gasteiger partial charge on any atom is -0.494 e. The van der Waals surface area contributed by atoms with Crippen molar-refractivity contribution >= 4 is 35.0 Å². The van der Waals surface area contributed by atoms with Crippen LogP contribution in [0.3, 0.4) is 0 Å². The van der Waals surface area contributed by atoms with E-state index < -0.39 is 0 Å². The first-order valence-corrected chi connectivity index (χ1v) is 8.90. The van der Waals surface area contributed by atoms with E-state index in [1.165, 1.54) is 11.6 Å². The van der Waals surface area contributed by atoms with Crippen LogP contribution in [-0.4, -0.2) is 17.6 Å². The molecule has 2 aromatic rings. The lowest BCUT2D eigenvalue weighted by molar-refractivity contribution is -0.115. The Kier molecular flexibility index (Phi) is 6.92. The highest BCUT2D eigenvalue weighted by atomic mass is 32.1. The van der Waals surface area contributed by atoms with Crippen molar-refractivity contribution in [2.24, 2.45) is 0 Å². The van der Waals surface area contributed by atoms with Crippen LogP contribution in [0, 0.1) is 20.8 Å². The normalized spacial score (nSPS) is 10.6. The summed E-state index contributed by atoms with van der Waals surface area (Å²) in [5, 5.41) is 6.05. The monoisotopic (exact) mass is 368 g/mol. The first kappa shape index (κ1) is 19.7. The molecule has 0 aromatic heterocycles. The summed E-state index contributed by atoms with van der Waals surface area (Å²) in [6, 6.07) is 11.7. The molecule has 2 N–H and O–H groups in total. The van der Waals surface area contributed by atoms with Gasteiger partial charge in [-0.25, -0.2) is 0 Å². The second-order valence-electron chi connectivity index (χ2n) is 6.05. The number of carbonyl (C=O) groups is 1. The fourth-order valence-corrected chi connectivity index (χ4v) is 2.89. The molecule has 0 bridgehead atoms. The quantitative estimate of drug-likeness (QED) is 0.601. The number of anilines is 1. The lowest BCUT2D eigenvalue weighted by Crippen LogP contribution is -2.33. The van der Waals surface area contributed by atoms with Gasteiger partial charge >= 0.3 is 0 Å². The van der Waals surface area contributed by atoms with Crippen molar-refractivity contribution in [2.75, 3.05) is 11.9 Å². The van der Waals surface area contributed by atoms with Crippen LogP contribution in [0.4, 0.5) is 5.69 Å². The molecule has 0 fully saturated rings. The van der Waals surface area contributed by atoms with E-state index in [9.17, 15) is 4.79 Å². The first-order valence-electron chi connectivity index (χ1n) is 8.49. The zero-order valence-electron chi connectivity index (χ0n) is 15.6. The molecule has 26 heavy (non-hydrogen) atoms. The lowest BCUT2D eigenvalue weighted by atomic mass is 10.1. The summed E-state index contributed by atoms with van der Waals surface area (Å²) >= 11 is 5.25. The molecule has 0 saturated carbocycles. The molecule has 2 rings (SSSR count). The predicted octanol–water partition coefficient (Wildman–Crippen LogP) is 4.54. The Morgan fingerprint density at radius 2 is 1.73 bits per heavy atom. The molecule has 0 heterocycles. The maximum Gasteiger partial charge on any atom is 0.250 e. The van der Waals surface area contributed by atoms with E-state index in [1.54, 1.807) is 6.08 Å². The van der Waals surface area contributed by atoms with Gasteiger partial charge in [0.25, 0.3) is 0 Å². The molecule has 4 nitrogen and oxygen atoms in total. The zero-order valence-corrected chi connectivity index (χ0v) is 16.4. The number of nitrogens with one attached hydrogen (secondary N) is 2. The molecule has 0 atom stereocenters. The van der Waals surface area contributed by atoms with Crippen molar-refractivity contribution in [3.8, 4) is 5.75 Å². The van der Waals surface area contributed by atoms with Crippen molar-refractivity contribution in [3.05, 3.63) is 64.7 Å². The smallest absolute Gasteiger partial charge is 0.250 e. The largest absolute Gasteiger partial charge is 0.494 e. The minimum absolute atomic E-state index is 0.279. The van der Waals surface area contributed by atoms with Crippen LogP contribution in [-0.2, 0) is 4.79 Å². The van der Waals surface area contributed by atoms with Gasteiger partial charge in [0.2, 0.25) is 5.91 Å². The fraction of sp³-hybridized carbons (Fsp3) is 0.238. The van der Waals surface area contributed by atoms with Gasteiger partial charge in [0.1, 0.15) is 5.75 Å². The van der Waals surface area contributed by atoms with E-state index in [1.807, 2.05) is 45.0 Å². The zero-order chi connectivity index (χ0) is 19.1. The molecule has 0 unspecified atom stereocenters. The van der Waals surface area contributed by atoms with Crippen molar-refractivity contribution in [3.63, 3.8) is 0 Å². The van der Waals surface area contributed by atoms with Crippen LogP contribution in [0.2, 0.25) is 0 Å². The molecular formula is C21H24N2O2S. The number of carbonyl (C=O) groups excluding carboxylic acids is 1.